The maximum atomic E-state index is 13.8. The molecule has 3 rings (SSSR count). The van der Waals surface area contributed by atoms with Gasteiger partial charge in [-0.1, -0.05) is 5.16 Å². The number of rotatable bonds is 6. The average Bonchev–Trinajstić information content (AvgIpc) is 3.17. The highest BCUT2D eigenvalue weighted by Gasteiger charge is 2.13. The number of amides is 1. The van der Waals surface area contributed by atoms with Gasteiger partial charge < -0.3 is 9.84 Å². The van der Waals surface area contributed by atoms with Crippen LogP contribution in [0.15, 0.2) is 40.9 Å². The third-order valence-electron chi connectivity index (χ3n) is 4.26. The van der Waals surface area contributed by atoms with Crippen molar-refractivity contribution in [2.75, 3.05) is 16.3 Å². The van der Waals surface area contributed by atoms with Gasteiger partial charge in [-0.3, -0.25) is 14.1 Å². The lowest BCUT2D eigenvalue weighted by atomic mass is 10.2. The number of benzene rings is 1. The fraction of sp³-hybridized carbons (Fsp3) is 0.200. The summed E-state index contributed by atoms with van der Waals surface area (Å²) in [5.74, 6) is 0.153. The van der Waals surface area contributed by atoms with Crippen molar-refractivity contribution in [1.29, 1.82) is 0 Å². The molecule has 0 unspecified atom stereocenters. The number of carbonyl (C=O) groups is 1. The fourth-order valence-electron chi connectivity index (χ4n) is 3.00. The molecule has 30 heavy (non-hydrogen) atoms. The number of carbonyl (C=O) groups excluding carboxylic acids is 1. The summed E-state index contributed by atoms with van der Waals surface area (Å²) < 4.78 is 45.5. The molecule has 2 N–H and O–H groups in total. The van der Waals surface area contributed by atoms with E-state index in [1.165, 1.54) is 18.2 Å². The summed E-state index contributed by atoms with van der Waals surface area (Å²) in [7, 11) is -3.65. The molecule has 10 heteroatoms. The van der Waals surface area contributed by atoms with E-state index in [1.807, 2.05) is 37.5 Å². The predicted molar refractivity (Wildman–Crippen MR) is 113 cm³/mol. The van der Waals surface area contributed by atoms with E-state index in [-0.39, 0.29) is 11.4 Å². The molecule has 0 aliphatic heterocycles. The van der Waals surface area contributed by atoms with Crippen molar-refractivity contribution in [2.45, 2.75) is 20.8 Å². The van der Waals surface area contributed by atoms with Crippen LogP contribution in [0.2, 0.25) is 0 Å². The molecule has 0 saturated heterocycles. The zero-order valence-corrected chi connectivity index (χ0v) is 17.7. The van der Waals surface area contributed by atoms with Gasteiger partial charge in [-0.05, 0) is 56.7 Å². The minimum atomic E-state index is -3.65. The number of nitrogens with zero attached hydrogens (tertiary/aromatic N) is 2. The Morgan fingerprint density at radius 2 is 1.93 bits per heavy atom. The van der Waals surface area contributed by atoms with E-state index in [4.69, 9.17) is 4.52 Å². The van der Waals surface area contributed by atoms with Crippen molar-refractivity contribution in [2.24, 2.45) is 0 Å². The van der Waals surface area contributed by atoms with Crippen molar-refractivity contribution in [3.8, 4) is 5.82 Å². The summed E-state index contributed by atoms with van der Waals surface area (Å²) in [6.07, 6.45) is 3.91. The molecular weight excluding hydrogens is 411 g/mol. The van der Waals surface area contributed by atoms with Crippen LogP contribution in [0.4, 0.5) is 15.8 Å². The molecule has 2 aromatic heterocycles. The third kappa shape index (κ3) is 4.95. The van der Waals surface area contributed by atoms with Crippen LogP contribution in [-0.4, -0.2) is 30.3 Å². The first-order valence-corrected chi connectivity index (χ1v) is 10.8. The lowest BCUT2D eigenvalue weighted by Gasteiger charge is -2.08. The highest BCUT2D eigenvalue weighted by atomic mass is 32.2. The first-order chi connectivity index (χ1) is 14.0. The smallest absolute Gasteiger partial charge is 0.248 e. The molecule has 0 bridgehead atoms. The molecule has 0 radical (unpaired) electrons. The Balaban J connectivity index is 1.77. The summed E-state index contributed by atoms with van der Waals surface area (Å²) in [5, 5.41) is 6.60. The van der Waals surface area contributed by atoms with Crippen LogP contribution in [0.1, 0.15) is 22.7 Å². The van der Waals surface area contributed by atoms with Gasteiger partial charge >= 0.3 is 0 Å². The Bertz CT molecular complexity index is 1240. The van der Waals surface area contributed by atoms with Gasteiger partial charge in [-0.2, -0.15) is 0 Å². The van der Waals surface area contributed by atoms with Crippen LogP contribution in [0.3, 0.4) is 0 Å². The highest BCUT2D eigenvalue weighted by molar-refractivity contribution is 7.92. The number of halogens is 1. The first-order valence-electron chi connectivity index (χ1n) is 8.92. The minimum absolute atomic E-state index is 0.245. The van der Waals surface area contributed by atoms with Crippen molar-refractivity contribution in [1.82, 2.24) is 9.72 Å². The Morgan fingerprint density at radius 3 is 2.57 bits per heavy atom. The molecule has 0 aliphatic rings. The van der Waals surface area contributed by atoms with E-state index >= 15 is 0 Å². The summed E-state index contributed by atoms with van der Waals surface area (Å²) in [4.78, 5) is 12.3. The lowest BCUT2D eigenvalue weighted by Crippen LogP contribution is -2.12. The van der Waals surface area contributed by atoms with Gasteiger partial charge in [0.2, 0.25) is 15.9 Å². The molecular formula is C20H21FN4O4S. The van der Waals surface area contributed by atoms with Crippen molar-refractivity contribution in [3.05, 3.63) is 64.9 Å². The van der Waals surface area contributed by atoms with E-state index in [2.05, 4.69) is 15.2 Å². The van der Waals surface area contributed by atoms with Gasteiger partial charge in [0.05, 0.1) is 11.9 Å². The summed E-state index contributed by atoms with van der Waals surface area (Å²) in [6.45, 7) is 5.63. The van der Waals surface area contributed by atoms with Crippen LogP contribution in [-0.2, 0) is 14.8 Å². The van der Waals surface area contributed by atoms with Gasteiger partial charge in [0.15, 0.2) is 5.82 Å². The standard InChI is InChI=1S/C20H21FN4O4S/c1-12-9-15(14(3)25(12)19-10-13(2)29-23-19)5-8-20(26)22-16-6-7-17(21)18(11-16)24-30(4,27)28/h5-11,24H,1-4H3,(H,22,26)/b8-5+. The maximum Gasteiger partial charge on any atom is 0.248 e. The second-order valence-electron chi connectivity index (χ2n) is 6.85. The molecule has 1 amide bonds. The summed E-state index contributed by atoms with van der Waals surface area (Å²) >= 11 is 0. The molecule has 0 saturated carbocycles. The Morgan fingerprint density at radius 1 is 1.20 bits per heavy atom. The topological polar surface area (TPSA) is 106 Å². The molecule has 3 aromatic rings. The minimum Gasteiger partial charge on any atom is -0.360 e. The largest absolute Gasteiger partial charge is 0.360 e. The van der Waals surface area contributed by atoms with E-state index < -0.39 is 21.7 Å². The Hall–Kier alpha value is -3.40. The number of sulfonamides is 1. The molecule has 8 nitrogen and oxygen atoms in total. The third-order valence-corrected chi connectivity index (χ3v) is 4.85. The Kier molecular flexibility index (Phi) is 5.79. The van der Waals surface area contributed by atoms with E-state index in [0.29, 0.717) is 11.6 Å². The van der Waals surface area contributed by atoms with E-state index in [0.717, 1.165) is 29.3 Å². The van der Waals surface area contributed by atoms with Gasteiger partial charge in [0, 0.05) is 29.2 Å². The first kappa shape index (κ1) is 21.3. The molecule has 1 aromatic carbocycles. The van der Waals surface area contributed by atoms with E-state index in [1.54, 1.807) is 6.08 Å². The molecule has 0 atom stereocenters. The van der Waals surface area contributed by atoms with Gasteiger partial charge in [0.25, 0.3) is 0 Å². The molecule has 0 aliphatic carbocycles. The Labute approximate surface area is 173 Å². The molecule has 0 spiro atoms. The molecule has 2 heterocycles. The van der Waals surface area contributed by atoms with Crippen LogP contribution in [0.5, 0.6) is 0 Å². The summed E-state index contributed by atoms with van der Waals surface area (Å²) in [5.41, 5.74) is 2.63. The van der Waals surface area contributed by atoms with Crippen LogP contribution in [0.25, 0.3) is 11.9 Å². The van der Waals surface area contributed by atoms with Crippen LogP contribution in [0, 0.1) is 26.6 Å². The zero-order chi connectivity index (χ0) is 22.1. The average molecular weight is 432 g/mol. The molecule has 0 fully saturated rings. The van der Waals surface area contributed by atoms with Crippen LogP contribution >= 0.6 is 0 Å². The highest BCUT2D eigenvalue weighted by Crippen LogP contribution is 2.23. The quantitative estimate of drug-likeness (QED) is 0.580. The zero-order valence-electron chi connectivity index (χ0n) is 16.9. The lowest BCUT2D eigenvalue weighted by molar-refractivity contribution is -0.111. The van der Waals surface area contributed by atoms with Gasteiger partial charge in [-0.15, -0.1) is 0 Å². The monoisotopic (exact) mass is 432 g/mol. The second kappa shape index (κ2) is 8.15. The number of hydrogen-bond acceptors (Lipinski definition) is 5. The van der Waals surface area contributed by atoms with Crippen molar-refractivity contribution in [3.63, 3.8) is 0 Å². The maximum absolute atomic E-state index is 13.8. The predicted octanol–water partition coefficient (Wildman–Crippen LogP) is 3.55. The van der Waals surface area contributed by atoms with Crippen molar-refractivity contribution < 1.29 is 22.1 Å². The second-order valence-corrected chi connectivity index (χ2v) is 8.60. The normalized spacial score (nSPS) is 11.8. The fourth-order valence-corrected chi connectivity index (χ4v) is 3.55. The number of nitrogens with one attached hydrogen (secondary N) is 2. The van der Waals surface area contributed by atoms with E-state index in [9.17, 15) is 17.6 Å². The summed E-state index contributed by atoms with van der Waals surface area (Å²) in [6, 6.07) is 7.35. The SMILES string of the molecule is Cc1cc(-n2c(C)cc(/C=C/C(=O)Nc3ccc(F)c(NS(C)(=O)=O)c3)c2C)no1. The number of anilines is 2. The van der Waals surface area contributed by atoms with Gasteiger partial charge in [-0.25, -0.2) is 12.8 Å². The molecule has 158 valence electrons. The number of hydrogen-bond donors (Lipinski definition) is 2. The van der Waals surface area contributed by atoms with Crippen LogP contribution < -0.4 is 10.0 Å². The number of aromatic nitrogens is 2. The van der Waals surface area contributed by atoms with Gasteiger partial charge in [0.1, 0.15) is 11.6 Å². The van der Waals surface area contributed by atoms with Crippen molar-refractivity contribution >= 4 is 33.4 Å². The number of aryl methyl sites for hydroxylation is 2.